The number of nitrogens with one attached hydrogen (secondary N) is 1. The Bertz CT molecular complexity index is 717. The first-order valence-electron chi connectivity index (χ1n) is 5.59. The molecule has 0 aliphatic carbocycles. The highest BCUT2D eigenvalue weighted by atomic mass is 35.5. The number of carbonyl (C=O) groups excluding carboxylic acids is 1. The molecule has 0 unspecified atom stereocenters. The van der Waals surface area contributed by atoms with Crippen molar-refractivity contribution in [2.75, 3.05) is 5.32 Å². The number of hydrogen-bond acceptors (Lipinski definition) is 3. The Balaban J connectivity index is 2.31. The summed E-state index contributed by atoms with van der Waals surface area (Å²) < 4.78 is 0. The maximum absolute atomic E-state index is 12.1. The average Bonchev–Trinajstić information content (AvgIpc) is 2.43. The van der Waals surface area contributed by atoms with E-state index in [1.807, 2.05) is 0 Å². The molecular formula is C13H7Cl3N2O3. The molecule has 0 saturated carbocycles. The van der Waals surface area contributed by atoms with Gasteiger partial charge in [0, 0.05) is 22.3 Å². The number of nitrogens with zero attached hydrogens (tertiary/aromatic N) is 1. The van der Waals surface area contributed by atoms with Gasteiger partial charge < -0.3 is 5.32 Å². The van der Waals surface area contributed by atoms with Gasteiger partial charge in [-0.05, 0) is 30.3 Å². The van der Waals surface area contributed by atoms with Gasteiger partial charge in [-0.25, -0.2) is 0 Å². The first kappa shape index (κ1) is 15.6. The van der Waals surface area contributed by atoms with Crippen molar-refractivity contribution in [1.82, 2.24) is 0 Å². The van der Waals surface area contributed by atoms with Crippen molar-refractivity contribution < 1.29 is 9.72 Å². The maximum atomic E-state index is 12.1. The SMILES string of the molecule is O=C(Nc1ccc(Cl)cc1)c1cc(Cl)c(Cl)c([N+](=O)[O-])c1. The molecule has 0 fully saturated rings. The Morgan fingerprint density at radius 2 is 1.71 bits per heavy atom. The molecule has 2 aromatic carbocycles. The van der Waals surface area contributed by atoms with Gasteiger partial charge in [-0.3, -0.25) is 14.9 Å². The third-order valence-electron chi connectivity index (χ3n) is 2.57. The second-order valence-electron chi connectivity index (χ2n) is 4.01. The Morgan fingerprint density at radius 1 is 1.10 bits per heavy atom. The molecule has 0 spiro atoms. The minimum Gasteiger partial charge on any atom is -0.322 e. The van der Waals surface area contributed by atoms with Gasteiger partial charge in [0.25, 0.3) is 11.6 Å². The zero-order valence-corrected chi connectivity index (χ0v) is 12.5. The van der Waals surface area contributed by atoms with E-state index in [0.717, 1.165) is 6.07 Å². The fraction of sp³-hybridized carbons (Fsp3) is 0. The number of carbonyl (C=O) groups is 1. The van der Waals surface area contributed by atoms with Crippen molar-refractivity contribution in [3.63, 3.8) is 0 Å². The molecule has 0 aliphatic heterocycles. The third-order valence-corrected chi connectivity index (χ3v) is 3.61. The lowest BCUT2D eigenvalue weighted by Crippen LogP contribution is -2.12. The fourth-order valence-electron chi connectivity index (χ4n) is 1.57. The highest BCUT2D eigenvalue weighted by molar-refractivity contribution is 6.43. The summed E-state index contributed by atoms with van der Waals surface area (Å²) in [6, 6.07) is 8.75. The summed E-state index contributed by atoms with van der Waals surface area (Å²) in [5.74, 6) is -0.543. The Kier molecular flexibility index (Phi) is 4.67. The monoisotopic (exact) mass is 344 g/mol. The van der Waals surface area contributed by atoms with E-state index in [-0.39, 0.29) is 15.6 Å². The van der Waals surface area contributed by atoms with Crippen LogP contribution in [0.1, 0.15) is 10.4 Å². The quantitative estimate of drug-likeness (QED) is 0.641. The lowest BCUT2D eigenvalue weighted by Gasteiger charge is -2.07. The summed E-state index contributed by atoms with van der Waals surface area (Å²) in [5.41, 5.74) is 0.106. The Labute approximate surface area is 134 Å². The van der Waals surface area contributed by atoms with Gasteiger partial charge in [0.05, 0.1) is 9.95 Å². The lowest BCUT2D eigenvalue weighted by atomic mass is 10.2. The fourth-order valence-corrected chi connectivity index (χ4v) is 2.09. The highest BCUT2D eigenvalue weighted by Gasteiger charge is 2.20. The van der Waals surface area contributed by atoms with E-state index in [0.29, 0.717) is 10.7 Å². The highest BCUT2D eigenvalue weighted by Crippen LogP contribution is 2.33. The number of amides is 1. The maximum Gasteiger partial charge on any atom is 0.290 e. The molecule has 2 aromatic rings. The Hall–Kier alpha value is -1.82. The van der Waals surface area contributed by atoms with Crippen molar-refractivity contribution in [2.24, 2.45) is 0 Å². The van der Waals surface area contributed by atoms with Crippen molar-refractivity contribution in [3.05, 3.63) is 67.1 Å². The molecule has 0 aliphatic rings. The molecule has 0 heterocycles. The first-order valence-corrected chi connectivity index (χ1v) is 6.72. The third kappa shape index (κ3) is 3.64. The van der Waals surface area contributed by atoms with E-state index >= 15 is 0 Å². The van der Waals surface area contributed by atoms with Crippen LogP contribution in [0.5, 0.6) is 0 Å². The van der Waals surface area contributed by atoms with Gasteiger partial charge in [-0.2, -0.15) is 0 Å². The van der Waals surface area contributed by atoms with Crippen molar-refractivity contribution in [3.8, 4) is 0 Å². The van der Waals surface area contributed by atoms with E-state index < -0.39 is 16.5 Å². The van der Waals surface area contributed by atoms with E-state index in [1.54, 1.807) is 24.3 Å². The van der Waals surface area contributed by atoms with Gasteiger partial charge in [0.2, 0.25) is 0 Å². The van der Waals surface area contributed by atoms with Gasteiger partial charge in [-0.1, -0.05) is 34.8 Å². The molecular weight excluding hydrogens is 339 g/mol. The van der Waals surface area contributed by atoms with Crippen LogP contribution in [0.3, 0.4) is 0 Å². The minimum atomic E-state index is -0.701. The summed E-state index contributed by atoms with van der Waals surface area (Å²) in [7, 11) is 0. The smallest absolute Gasteiger partial charge is 0.290 e. The number of anilines is 1. The molecule has 0 bridgehead atoms. The second-order valence-corrected chi connectivity index (χ2v) is 5.23. The average molecular weight is 346 g/mol. The zero-order chi connectivity index (χ0) is 15.6. The predicted octanol–water partition coefficient (Wildman–Crippen LogP) is 4.81. The number of nitro benzene ring substituents is 1. The summed E-state index contributed by atoms with van der Waals surface area (Å²) in [4.78, 5) is 22.2. The lowest BCUT2D eigenvalue weighted by molar-refractivity contribution is -0.384. The molecule has 1 N–H and O–H groups in total. The summed E-state index contributed by atoms with van der Waals surface area (Å²) in [6.07, 6.45) is 0. The molecule has 8 heteroatoms. The zero-order valence-electron chi connectivity index (χ0n) is 10.3. The van der Waals surface area contributed by atoms with Crippen molar-refractivity contribution in [1.29, 1.82) is 0 Å². The molecule has 5 nitrogen and oxygen atoms in total. The van der Waals surface area contributed by atoms with Gasteiger partial charge in [0.15, 0.2) is 0 Å². The summed E-state index contributed by atoms with van der Waals surface area (Å²) in [6.45, 7) is 0. The number of nitro groups is 1. The summed E-state index contributed by atoms with van der Waals surface area (Å²) in [5, 5.41) is 13.7. The number of halogens is 3. The van der Waals surface area contributed by atoms with Gasteiger partial charge in [-0.15, -0.1) is 0 Å². The van der Waals surface area contributed by atoms with Crippen LogP contribution in [-0.2, 0) is 0 Å². The predicted molar refractivity (Wildman–Crippen MR) is 82.5 cm³/mol. The largest absolute Gasteiger partial charge is 0.322 e. The molecule has 0 saturated heterocycles. The van der Waals surface area contributed by atoms with Crippen LogP contribution in [-0.4, -0.2) is 10.8 Å². The van der Waals surface area contributed by atoms with E-state index in [1.165, 1.54) is 6.07 Å². The normalized spacial score (nSPS) is 10.2. The van der Waals surface area contributed by atoms with Crippen LogP contribution in [0, 0.1) is 10.1 Å². The number of rotatable bonds is 3. The van der Waals surface area contributed by atoms with E-state index in [2.05, 4.69) is 5.32 Å². The number of hydrogen-bond donors (Lipinski definition) is 1. The van der Waals surface area contributed by atoms with Gasteiger partial charge >= 0.3 is 0 Å². The first-order chi connectivity index (χ1) is 9.88. The number of benzene rings is 2. The molecule has 0 atom stereocenters. The van der Waals surface area contributed by atoms with Gasteiger partial charge in [0.1, 0.15) is 5.02 Å². The van der Waals surface area contributed by atoms with E-state index in [9.17, 15) is 14.9 Å². The molecule has 0 aromatic heterocycles. The van der Waals surface area contributed by atoms with Crippen LogP contribution < -0.4 is 5.32 Å². The molecule has 108 valence electrons. The van der Waals surface area contributed by atoms with Crippen LogP contribution >= 0.6 is 34.8 Å². The molecule has 2 rings (SSSR count). The Morgan fingerprint density at radius 3 is 2.29 bits per heavy atom. The van der Waals surface area contributed by atoms with Crippen LogP contribution in [0.2, 0.25) is 15.1 Å². The molecule has 0 radical (unpaired) electrons. The van der Waals surface area contributed by atoms with Crippen molar-refractivity contribution >= 4 is 52.1 Å². The van der Waals surface area contributed by atoms with Crippen LogP contribution in [0.4, 0.5) is 11.4 Å². The topological polar surface area (TPSA) is 72.2 Å². The van der Waals surface area contributed by atoms with E-state index in [4.69, 9.17) is 34.8 Å². The molecule has 1 amide bonds. The molecule has 21 heavy (non-hydrogen) atoms. The standard InChI is InChI=1S/C13H7Cl3N2O3/c14-8-1-3-9(4-2-8)17-13(19)7-5-10(15)12(16)11(6-7)18(20)21/h1-6H,(H,17,19). The van der Waals surface area contributed by atoms with Crippen LogP contribution in [0.25, 0.3) is 0 Å². The van der Waals surface area contributed by atoms with Crippen LogP contribution in [0.15, 0.2) is 36.4 Å². The van der Waals surface area contributed by atoms with Crippen molar-refractivity contribution in [2.45, 2.75) is 0 Å². The second kappa shape index (κ2) is 6.30. The minimum absolute atomic E-state index is 0.0334. The summed E-state index contributed by atoms with van der Waals surface area (Å²) >= 11 is 17.3.